The van der Waals surface area contributed by atoms with E-state index in [1.165, 1.54) is 0 Å². The van der Waals surface area contributed by atoms with Crippen LogP contribution in [0.1, 0.15) is 38.5 Å². The molecule has 0 spiro atoms. The Morgan fingerprint density at radius 1 is 1.22 bits per heavy atom. The van der Waals surface area contributed by atoms with Crippen molar-refractivity contribution >= 4 is 18.3 Å². The molecule has 0 bridgehead atoms. The van der Waals surface area contributed by atoms with E-state index in [0.29, 0.717) is 13.0 Å². The standard InChI is InChI=1S/C19H33NO12/c1-29-7-3-2-4-8-30-15(26)6-5-14(25)20-16-12(23)9-19(28,31-11-22)32-18(16)17(27)13(24)10-21/h11-13,16-18,21,23-24,27-28H,2-10H2,1H3,(H,20,25). The van der Waals surface area contributed by atoms with Crippen molar-refractivity contribution in [3.8, 4) is 0 Å². The number of unbranched alkanes of at least 4 members (excludes halogenated alkanes) is 2. The zero-order valence-corrected chi connectivity index (χ0v) is 17.9. The quantitative estimate of drug-likeness (QED) is 0.0630. The van der Waals surface area contributed by atoms with Crippen molar-refractivity contribution in [1.29, 1.82) is 0 Å². The average molecular weight is 467 g/mol. The Morgan fingerprint density at radius 2 is 1.91 bits per heavy atom. The summed E-state index contributed by atoms with van der Waals surface area (Å²) >= 11 is 0. The van der Waals surface area contributed by atoms with E-state index < -0.39 is 61.3 Å². The lowest BCUT2D eigenvalue weighted by Crippen LogP contribution is -2.66. The molecule has 0 aromatic heterocycles. The first kappa shape index (κ1) is 28.2. The zero-order chi connectivity index (χ0) is 24.1. The fourth-order valence-corrected chi connectivity index (χ4v) is 3.14. The molecule has 1 aliphatic rings. The first-order valence-corrected chi connectivity index (χ1v) is 10.3. The minimum Gasteiger partial charge on any atom is -0.466 e. The fraction of sp³-hybridized carbons (Fsp3) is 0.842. The largest absolute Gasteiger partial charge is 0.466 e. The Labute approximate surface area is 185 Å². The van der Waals surface area contributed by atoms with Crippen molar-refractivity contribution in [1.82, 2.24) is 5.32 Å². The topological polar surface area (TPSA) is 201 Å². The highest BCUT2D eigenvalue weighted by Crippen LogP contribution is 2.30. The first-order valence-electron chi connectivity index (χ1n) is 10.3. The summed E-state index contributed by atoms with van der Waals surface area (Å²) in [6, 6.07) is -1.36. The summed E-state index contributed by atoms with van der Waals surface area (Å²) in [5.41, 5.74) is 0. The molecule has 6 atom stereocenters. The molecule has 13 heteroatoms. The van der Waals surface area contributed by atoms with Gasteiger partial charge >= 0.3 is 11.9 Å². The van der Waals surface area contributed by atoms with Gasteiger partial charge in [-0.2, -0.15) is 0 Å². The number of carbonyl (C=O) groups is 3. The molecular weight excluding hydrogens is 434 g/mol. The van der Waals surface area contributed by atoms with E-state index in [-0.39, 0.29) is 25.9 Å². The van der Waals surface area contributed by atoms with Gasteiger partial charge in [-0.3, -0.25) is 14.4 Å². The Hall–Kier alpha value is -1.87. The minimum absolute atomic E-state index is 0.138. The van der Waals surface area contributed by atoms with Gasteiger partial charge in [0.1, 0.15) is 18.3 Å². The van der Waals surface area contributed by atoms with Gasteiger partial charge in [-0.05, 0) is 19.3 Å². The van der Waals surface area contributed by atoms with Gasteiger partial charge in [0.25, 0.3) is 6.47 Å². The number of methoxy groups -OCH3 is 1. The van der Waals surface area contributed by atoms with E-state index in [0.717, 1.165) is 12.8 Å². The molecule has 0 saturated carbocycles. The van der Waals surface area contributed by atoms with E-state index in [1.807, 2.05) is 0 Å². The van der Waals surface area contributed by atoms with Crippen LogP contribution in [-0.4, -0.2) is 107 Å². The lowest BCUT2D eigenvalue weighted by molar-refractivity contribution is -0.393. The smallest absolute Gasteiger partial charge is 0.329 e. The van der Waals surface area contributed by atoms with Gasteiger partial charge in [-0.15, -0.1) is 0 Å². The maximum absolute atomic E-state index is 12.3. The Kier molecular flexibility index (Phi) is 12.6. The highest BCUT2D eigenvalue weighted by atomic mass is 16.8. The van der Waals surface area contributed by atoms with E-state index in [2.05, 4.69) is 10.1 Å². The van der Waals surface area contributed by atoms with E-state index in [9.17, 15) is 34.8 Å². The number of carbonyl (C=O) groups excluding carboxylic acids is 3. The number of hydrogen-bond acceptors (Lipinski definition) is 12. The normalized spacial score (nSPS) is 27.2. The van der Waals surface area contributed by atoms with Crippen LogP contribution >= 0.6 is 0 Å². The molecule has 0 aliphatic carbocycles. The van der Waals surface area contributed by atoms with Crippen LogP contribution in [0.2, 0.25) is 0 Å². The van der Waals surface area contributed by atoms with Crippen LogP contribution in [0.15, 0.2) is 0 Å². The number of ether oxygens (including phenoxy) is 4. The number of nitrogens with one attached hydrogen (secondary N) is 1. The van der Waals surface area contributed by atoms with E-state index in [4.69, 9.17) is 19.3 Å². The molecule has 0 aromatic rings. The second-order valence-corrected chi connectivity index (χ2v) is 7.39. The summed E-state index contributed by atoms with van der Waals surface area (Å²) in [4.78, 5) is 34.6. The molecule has 1 rings (SSSR count). The molecule has 13 nitrogen and oxygen atoms in total. The van der Waals surface area contributed by atoms with Gasteiger partial charge in [-0.1, -0.05) is 0 Å². The maximum atomic E-state index is 12.3. The summed E-state index contributed by atoms with van der Waals surface area (Å²) in [5.74, 6) is -3.91. The third kappa shape index (κ3) is 9.32. The van der Waals surface area contributed by atoms with E-state index >= 15 is 0 Å². The van der Waals surface area contributed by atoms with Gasteiger partial charge in [0.15, 0.2) is 0 Å². The van der Waals surface area contributed by atoms with Crippen molar-refractivity contribution in [2.45, 2.75) is 75.0 Å². The SMILES string of the molecule is COCCCCCOC(=O)CCC(=O)NC1C(O)CC(O)(OC=O)OC1C(O)C(O)CO. The van der Waals surface area contributed by atoms with Crippen LogP contribution in [0.5, 0.6) is 0 Å². The molecule has 6 unspecified atom stereocenters. The molecular formula is C19H33NO12. The van der Waals surface area contributed by atoms with Crippen molar-refractivity contribution < 1.29 is 58.9 Å². The number of rotatable bonds is 15. The minimum atomic E-state index is -2.61. The van der Waals surface area contributed by atoms with Crippen LogP contribution in [0.3, 0.4) is 0 Å². The summed E-state index contributed by atoms with van der Waals surface area (Å²) in [6.45, 7) is -0.195. The van der Waals surface area contributed by atoms with Gasteiger partial charge in [0.2, 0.25) is 5.91 Å². The Bertz CT molecular complexity index is 591. The van der Waals surface area contributed by atoms with Gasteiger partial charge in [0.05, 0.1) is 38.2 Å². The van der Waals surface area contributed by atoms with Gasteiger partial charge in [0, 0.05) is 20.1 Å². The molecule has 1 fully saturated rings. The highest BCUT2D eigenvalue weighted by molar-refractivity contribution is 5.81. The van der Waals surface area contributed by atoms with Gasteiger partial charge in [-0.25, -0.2) is 0 Å². The monoisotopic (exact) mass is 467 g/mol. The average Bonchev–Trinajstić information content (AvgIpc) is 2.75. The summed E-state index contributed by atoms with van der Waals surface area (Å²) in [6.07, 6.45) is -5.72. The molecule has 32 heavy (non-hydrogen) atoms. The number of hydrogen-bond donors (Lipinski definition) is 6. The lowest BCUT2D eigenvalue weighted by Gasteiger charge is -2.45. The number of aliphatic hydroxyl groups excluding tert-OH is 4. The van der Waals surface area contributed by atoms with Crippen LogP contribution in [-0.2, 0) is 33.3 Å². The molecule has 1 heterocycles. The molecule has 1 amide bonds. The fourth-order valence-electron chi connectivity index (χ4n) is 3.14. The third-order valence-corrected chi connectivity index (χ3v) is 4.85. The summed E-state index contributed by atoms with van der Waals surface area (Å²) in [5, 5.41) is 51.8. The zero-order valence-electron chi connectivity index (χ0n) is 17.9. The number of amides is 1. The molecule has 186 valence electrons. The second kappa shape index (κ2) is 14.3. The second-order valence-electron chi connectivity index (χ2n) is 7.39. The van der Waals surface area contributed by atoms with Gasteiger partial charge < -0.3 is 49.8 Å². The predicted molar refractivity (Wildman–Crippen MR) is 105 cm³/mol. The summed E-state index contributed by atoms with van der Waals surface area (Å²) in [7, 11) is 1.60. The first-order chi connectivity index (χ1) is 15.2. The van der Waals surface area contributed by atoms with Crippen LogP contribution < -0.4 is 5.32 Å². The van der Waals surface area contributed by atoms with E-state index in [1.54, 1.807) is 7.11 Å². The van der Waals surface area contributed by atoms with Crippen molar-refractivity contribution in [2.24, 2.45) is 0 Å². The van der Waals surface area contributed by atoms with Crippen LogP contribution in [0.25, 0.3) is 0 Å². The number of esters is 1. The number of aliphatic hydroxyl groups is 5. The Morgan fingerprint density at radius 3 is 2.53 bits per heavy atom. The van der Waals surface area contributed by atoms with Crippen LogP contribution in [0, 0.1) is 0 Å². The lowest BCUT2D eigenvalue weighted by atomic mass is 9.91. The molecule has 6 N–H and O–H groups in total. The molecule has 1 aliphatic heterocycles. The van der Waals surface area contributed by atoms with Crippen LogP contribution in [0.4, 0.5) is 0 Å². The third-order valence-electron chi connectivity index (χ3n) is 4.85. The molecule has 0 aromatic carbocycles. The highest BCUT2D eigenvalue weighted by Gasteiger charge is 2.51. The predicted octanol–water partition coefficient (Wildman–Crippen LogP) is -2.71. The Balaban J connectivity index is 2.61. The van der Waals surface area contributed by atoms with Crippen molar-refractivity contribution in [3.63, 3.8) is 0 Å². The maximum Gasteiger partial charge on any atom is 0.329 e. The molecule has 1 saturated heterocycles. The summed E-state index contributed by atoms with van der Waals surface area (Å²) < 4.78 is 19.4. The van der Waals surface area contributed by atoms with Crippen molar-refractivity contribution in [2.75, 3.05) is 26.9 Å². The van der Waals surface area contributed by atoms with Crippen molar-refractivity contribution in [3.05, 3.63) is 0 Å². The molecule has 0 radical (unpaired) electrons.